The number of para-hydroxylation sites is 2. The van der Waals surface area contributed by atoms with Crippen molar-refractivity contribution in [3.05, 3.63) is 42.5 Å². The molecule has 0 saturated carbocycles. The van der Waals surface area contributed by atoms with Crippen LogP contribution in [-0.2, 0) is 6.54 Å². The second kappa shape index (κ2) is 8.48. The third-order valence-corrected chi connectivity index (χ3v) is 5.26. The highest BCUT2D eigenvalue weighted by molar-refractivity contribution is 5.75. The Morgan fingerprint density at radius 2 is 1.64 bits per heavy atom. The number of aromatic nitrogens is 3. The molecule has 4 rings (SSSR count). The number of rotatable bonds is 7. The van der Waals surface area contributed by atoms with Gasteiger partial charge in [0, 0.05) is 38.8 Å². The summed E-state index contributed by atoms with van der Waals surface area (Å²) in [5.74, 6) is 1.76. The minimum atomic E-state index is 0.812. The Morgan fingerprint density at radius 1 is 0.857 bits per heavy atom. The molecule has 0 spiro atoms. The zero-order valence-corrected chi connectivity index (χ0v) is 16.5. The Bertz CT molecular complexity index is 918. The molecule has 1 aliphatic heterocycles. The molecule has 148 valence electrons. The molecule has 2 heterocycles. The average Bonchev–Trinajstić information content (AvgIpc) is 3.16. The number of methoxy groups -OCH3 is 2. The summed E-state index contributed by atoms with van der Waals surface area (Å²) in [6.45, 7) is 6.03. The highest BCUT2D eigenvalue weighted by Crippen LogP contribution is 2.28. The van der Waals surface area contributed by atoms with Gasteiger partial charge in [0.15, 0.2) is 0 Å². The predicted molar refractivity (Wildman–Crippen MR) is 110 cm³/mol. The molecule has 1 aromatic heterocycles. The first-order chi connectivity index (χ1) is 13.8. The first-order valence-corrected chi connectivity index (χ1v) is 9.76. The molecule has 0 atom stereocenters. The number of benzene rings is 2. The highest BCUT2D eigenvalue weighted by Gasteiger charge is 2.19. The van der Waals surface area contributed by atoms with Crippen molar-refractivity contribution in [3.63, 3.8) is 0 Å². The smallest absolute Gasteiger partial charge is 0.142 e. The second-order valence-electron chi connectivity index (χ2n) is 7.00. The van der Waals surface area contributed by atoms with Gasteiger partial charge in [-0.25, -0.2) is 0 Å². The lowest BCUT2D eigenvalue weighted by Gasteiger charge is -2.36. The van der Waals surface area contributed by atoms with Crippen LogP contribution in [0.4, 0.5) is 5.69 Å². The van der Waals surface area contributed by atoms with Gasteiger partial charge in [0.1, 0.15) is 22.5 Å². The lowest BCUT2D eigenvalue weighted by molar-refractivity contribution is 0.246. The van der Waals surface area contributed by atoms with Gasteiger partial charge in [-0.15, -0.1) is 0 Å². The van der Waals surface area contributed by atoms with Gasteiger partial charge in [-0.2, -0.15) is 15.0 Å². The van der Waals surface area contributed by atoms with E-state index in [0.29, 0.717) is 0 Å². The molecule has 28 heavy (non-hydrogen) atoms. The van der Waals surface area contributed by atoms with Gasteiger partial charge in [-0.05, 0) is 30.7 Å². The molecule has 7 heteroatoms. The van der Waals surface area contributed by atoms with Crippen LogP contribution in [0.1, 0.15) is 6.42 Å². The molecule has 0 aliphatic carbocycles. The van der Waals surface area contributed by atoms with Gasteiger partial charge in [0.2, 0.25) is 0 Å². The van der Waals surface area contributed by atoms with Crippen LogP contribution in [-0.4, -0.2) is 66.8 Å². The zero-order chi connectivity index (χ0) is 19.3. The van der Waals surface area contributed by atoms with E-state index < -0.39 is 0 Å². The number of anilines is 1. The second-order valence-corrected chi connectivity index (χ2v) is 7.00. The first-order valence-electron chi connectivity index (χ1n) is 9.76. The molecule has 1 fully saturated rings. The van der Waals surface area contributed by atoms with Crippen molar-refractivity contribution in [1.82, 2.24) is 19.9 Å². The lowest BCUT2D eigenvalue weighted by Crippen LogP contribution is -2.46. The van der Waals surface area contributed by atoms with E-state index in [4.69, 9.17) is 9.47 Å². The molecule has 0 unspecified atom stereocenters. The van der Waals surface area contributed by atoms with Gasteiger partial charge >= 0.3 is 0 Å². The molecule has 0 N–H and O–H groups in total. The summed E-state index contributed by atoms with van der Waals surface area (Å²) in [4.78, 5) is 6.72. The molecular formula is C21H27N5O2. The van der Waals surface area contributed by atoms with Crippen molar-refractivity contribution in [2.45, 2.75) is 13.0 Å². The Labute approximate surface area is 165 Å². The monoisotopic (exact) mass is 381 g/mol. The first kappa shape index (κ1) is 18.6. The van der Waals surface area contributed by atoms with Crippen LogP contribution >= 0.6 is 0 Å². The van der Waals surface area contributed by atoms with Gasteiger partial charge in [0.05, 0.1) is 26.5 Å². The van der Waals surface area contributed by atoms with E-state index >= 15 is 0 Å². The van der Waals surface area contributed by atoms with Crippen molar-refractivity contribution in [2.75, 3.05) is 51.8 Å². The van der Waals surface area contributed by atoms with Crippen LogP contribution in [0.5, 0.6) is 11.5 Å². The third-order valence-electron chi connectivity index (χ3n) is 5.26. The summed E-state index contributed by atoms with van der Waals surface area (Å²) < 4.78 is 10.8. The van der Waals surface area contributed by atoms with E-state index in [1.54, 1.807) is 19.0 Å². The molecular weight excluding hydrogens is 354 g/mol. The zero-order valence-electron chi connectivity index (χ0n) is 16.5. The molecule has 0 amide bonds. The summed E-state index contributed by atoms with van der Waals surface area (Å²) in [5.41, 5.74) is 2.98. The number of aryl methyl sites for hydroxylation is 1. The predicted octanol–water partition coefficient (Wildman–Crippen LogP) is 2.66. The van der Waals surface area contributed by atoms with Crippen LogP contribution in [0.15, 0.2) is 42.5 Å². The van der Waals surface area contributed by atoms with Crippen molar-refractivity contribution >= 4 is 16.7 Å². The summed E-state index contributed by atoms with van der Waals surface area (Å²) in [6.07, 6.45) is 1.03. The summed E-state index contributed by atoms with van der Waals surface area (Å²) in [6, 6.07) is 14.0. The van der Waals surface area contributed by atoms with Crippen LogP contribution < -0.4 is 14.4 Å². The summed E-state index contributed by atoms with van der Waals surface area (Å²) >= 11 is 0. The molecule has 7 nitrogen and oxygen atoms in total. The van der Waals surface area contributed by atoms with E-state index in [9.17, 15) is 0 Å². The van der Waals surface area contributed by atoms with E-state index in [2.05, 4.69) is 32.1 Å². The van der Waals surface area contributed by atoms with Gasteiger partial charge in [-0.1, -0.05) is 12.1 Å². The van der Waals surface area contributed by atoms with Crippen LogP contribution in [0.25, 0.3) is 11.0 Å². The fourth-order valence-electron chi connectivity index (χ4n) is 3.71. The average molecular weight is 381 g/mol. The van der Waals surface area contributed by atoms with E-state index in [1.807, 2.05) is 30.3 Å². The lowest BCUT2D eigenvalue weighted by atomic mass is 10.2. The van der Waals surface area contributed by atoms with E-state index in [0.717, 1.165) is 68.2 Å². The van der Waals surface area contributed by atoms with Crippen LogP contribution in [0.2, 0.25) is 0 Å². The van der Waals surface area contributed by atoms with Crippen molar-refractivity contribution in [3.8, 4) is 11.5 Å². The SMILES string of the molecule is COc1ccc2nn(CCCN3CCN(c4ccccc4OC)CC3)nc2c1. The van der Waals surface area contributed by atoms with Crippen molar-refractivity contribution in [2.24, 2.45) is 0 Å². The quantitative estimate of drug-likeness (QED) is 0.627. The number of ether oxygens (including phenoxy) is 2. The largest absolute Gasteiger partial charge is 0.497 e. The molecule has 0 radical (unpaired) electrons. The summed E-state index contributed by atoms with van der Waals surface area (Å²) in [7, 11) is 3.40. The Balaban J connectivity index is 1.27. The number of fused-ring (bicyclic) bond motifs is 1. The Hall–Kier alpha value is -2.80. The van der Waals surface area contributed by atoms with Crippen LogP contribution in [0, 0.1) is 0 Å². The Kier molecular flexibility index (Phi) is 5.62. The minimum absolute atomic E-state index is 0.812. The van der Waals surface area contributed by atoms with Crippen molar-refractivity contribution < 1.29 is 9.47 Å². The fraction of sp³-hybridized carbons (Fsp3) is 0.429. The molecule has 1 saturated heterocycles. The molecule has 2 aromatic carbocycles. The normalized spacial score (nSPS) is 15.1. The maximum Gasteiger partial charge on any atom is 0.142 e. The van der Waals surface area contributed by atoms with Gasteiger partial charge < -0.3 is 14.4 Å². The van der Waals surface area contributed by atoms with Gasteiger partial charge in [0.25, 0.3) is 0 Å². The summed E-state index contributed by atoms with van der Waals surface area (Å²) in [5, 5.41) is 9.11. The third kappa shape index (κ3) is 4.04. The van der Waals surface area contributed by atoms with E-state index in [1.165, 1.54) is 5.69 Å². The number of nitrogens with zero attached hydrogens (tertiary/aromatic N) is 5. The molecule has 3 aromatic rings. The molecule has 1 aliphatic rings. The minimum Gasteiger partial charge on any atom is -0.497 e. The fourth-order valence-corrected chi connectivity index (χ4v) is 3.71. The highest BCUT2D eigenvalue weighted by atomic mass is 16.5. The topological polar surface area (TPSA) is 55.7 Å². The van der Waals surface area contributed by atoms with E-state index in [-0.39, 0.29) is 0 Å². The maximum absolute atomic E-state index is 5.50. The number of piperazine rings is 1. The van der Waals surface area contributed by atoms with Crippen molar-refractivity contribution in [1.29, 1.82) is 0 Å². The van der Waals surface area contributed by atoms with Gasteiger partial charge in [-0.3, -0.25) is 4.90 Å². The molecule has 0 bridgehead atoms. The standard InChI is InChI=1S/C21H27N5O2/c1-27-17-8-9-18-19(16-17)23-26(22-18)11-5-10-24-12-14-25(15-13-24)20-6-3-4-7-21(20)28-2/h3-4,6-9,16H,5,10-15H2,1-2H3. The number of hydrogen-bond donors (Lipinski definition) is 0. The Morgan fingerprint density at radius 3 is 2.43 bits per heavy atom. The van der Waals surface area contributed by atoms with Crippen LogP contribution in [0.3, 0.4) is 0 Å². The maximum atomic E-state index is 5.50. The number of hydrogen-bond acceptors (Lipinski definition) is 6.